The van der Waals surface area contributed by atoms with Gasteiger partial charge in [0.25, 0.3) is 5.91 Å². The molecule has 1 aliphatic heterocycles. The van der Waals surface area contributed by atoms with E-state index in [1.54, 1.807) is 10.9 Å². The van der Waals surface area contributed by atoms with Gasteiger partial charge in [-0.05, 0) is 53.5 Å². The summed E-state index contributed by atoms with van der Waals surface area (Å²) in [5.41, 5.74) is 3.46. The molecule has 1 fully saturated rings. The number of carbonyl (C=O) groups excluding carboxylic acids is 1. The highest BCUT2D eigenvalue weighted by atomic mass is 16.2. The fraction of sp³-hybridized carbons (Fsp3) is 0.684. The van der Waals surface area contributed by atoms with Gasteiger partial charge in [-0.1, -0.05) is 11.6 Å². The van der Waals surface area contributed by atoms with Crippen LogP contribution in [0.4, 0.5) is 0 Å². The molecule has 0 radical (unpaired) electrons. The first-order valence-corrected chi connectivity index (χ1v) is 9.92. The second kappa shape index (κ2) is 8.65. The average Bonchev–Trinajstić information content (AvgIpc) is 3.24. The lowest BCUT2D eigenvalue weighted by molar-refractivity contribution is 0.0945. The van der Waals surface area contributed by atoms with Crippen LogP contribution in [0.2, 0.25) is 0 Å². The molecule has 8 heteroatoms. The zero-order valence-corrected chi connectivity index (χ0v) is 16.8. The van der Waals surface area contributed by atoms with Crippen LogP contribution in [-0.4, -0.2) is 43.3 Å². The number of aryl methyl sites for hydroxylation is 2. The maximum atomic E-state index is 12.4. The van der Waals surface area contributed by atoms with Gasteiger partial charge < -0.3 is 10.6 Å². The highest BCUT2D eigenvalue weighted by molar-refractivity contribution is 5.91. The van der Waals surface area contributed by atoms with E-state index >= 15 is 0 Å². The zero-order chi connectivity index (χ0) is 19.4. The number of nitrogens with zero attached hydrogens (tertiary/aromatic N) is 5. The molecule has 3 rings (SSSR count). The zero-order valence-electron chi connectivity index (χ0n) is 16.8. The molecule has 0 bridgehead atoms. The van der Waals surface area contributed by atoms with Crippen LogP contribution >= 0.6 is 0 Å². The molecule has 0 aliphatic carbocycles. The third-order valence-electron chi connectivity index (χ3n) is 5.28. The summed E-state index contributed by atoms with van der Waals surface area (Å²) in [5.74, 6) is -0.201. The summed E-state index contributed by atoms with van der Waals surface area (Å²) in [4.78, 5) is 12.4. The normalized spacial score (nSPS) is 17.4. The van der Waals surface area contributed by atoms with Crippen LogP contribution in [0, 0.1) is 13.8 Å². The largest absolute Gasteiger partial charge is 0.346 e. The topological polar surface area (TPSA) is 89.7 Å². The molecule has 1 saturated heterocycles. The van der Waals surface area contributed by atoms with E-state index in [1.165, 1.54) is 19.3 Å². The van der Waals surface area contributed by atoms with E-state index in [0.717, 1.165) is 36.5 Å². The smallest absolute Gasteiger partial charge is 0.273 e. The van der Waals surface area contributed by atoms with E-state index in [2.05, 4.69) is 39.9 Å². The number of hydrogen-bond acceptors (Lipinski definition) is 5. The standard InChI is InChI=1S/C19H31N7O/c1-13(2)26-15(4)17(14(3)23-26)11-21-19(27)18-12-25(24-22-18)10-8-16-7-5-6-9-20-16/h12-13,16,20H,5-11H2,1-4H3,(H,21,27). The lowest BCUT2D eigenvalue weighted by Crippen LogP contribution is -2.34. The van der Waals surface area contributed by atoms with Crippen molar-refractivity contribution < 1.29 is 4.79 Å². The predicted octanol–water partition coefficient (Wildman–Crippen LogP) is 2.13. The first-order valence-electron chi connectivity index (χ1n) is 9.92. The minimum absolute atomic E-state index is 0.201. The number of amides is 1. The Labute approximate surface area is 160 Å². The lowest BCUT2D eigenvalue weighted by Gasteiger charge is -2.23. The van der Waals surface area contributed by atoms with Crippen molar-refractivity contribution >= 4 is 5.91 Å². The summed E-state index contributed by atoms with van der Waals surface area (Å²) in [7, 11) is 0. The molecule has 1 amide bonds. The molecule has 1 aliphatic rings. The van der Waals surface area contributed by atoms with Gasteiger partial charge >= 0.3 is 0 Å². The number of hydrogen-bond donors (Lipinski definition) is 2. The number of aromatic nitrogens is 5. The van der Waals surface area contributed by atoms with Gasteiger partial charge in [0.05, 0.1) is 11.9 Å². The minimum atomic E-state index is -0.201. The van der Waals surface area contributed by atoms with E-state index in [0.29, 0.717) is 24.3 Å². The molecule has 3 heterocycles. The highest BCUT2D eigenvalue weighted by Crippen LogP contribution is 2.17. The molecule has 0 saturated carbocycles. The van der Waals surface area contributed by atoms with Gasteiger partial charge in [-0.3, -0.25) is 14.2 Å². The van der Waals surface area contributed by atoms with Crippen LogP contribution in [0.25, 0.3) is 0 Å². The maximum absolute atomic E-state index is 12.4. The lowest BCUT2D eigenvalue weighted by atomic mass is 10.0. The Kier molecular flexibility index (Phi) is 6.26. The van der Waals surface area contributed by atoms with E-state index in [1.807, 2.05) is 18.5 Å². The van der Waals surface area contributed by atoms with Crippen LogP contribution < -0.4 is 10.6 Å². The van der Waals surface area contributed by atoms with E-state index in [-0.39, 0.29) is 5.91 Å². The Morgan fingerprint density at radius 1 is 1.37 bits per heavy atom. The number of carbonyl (C=O) groups is 1. The summed E-state index contributed by atoms with van der Waals surface area (Å²) < 4.78 is 3.75. The molecular weight excluding hydrogens is 342 g/mol. The number of nitrogens with one attached hydrogen (secondary N) is 2. The molecule has 148 valence electrons. The molecule has 0 aromatic carbocycles. The van der Waals surface area contributed by atoms with Gasteiger partial charge in [0.15, 0.2) is 5.69 Å². The molecule has 2 N–H and O–H groups in total. The summed E-state index contributed by atoms with van der Waals surface area (Å²) in [5, 5.41) is 19.2. The van der Waals surface area contributed by atoms with E-state index < -0.39 is 0 Å². The molecule has 8 nitrogen and oxygen atoms in total. The predicted molar refractivity (Wildman–Crippen MR) is 104 cm³/mol. The van der Waals surface area contributed by atoms with Gasteiger partial charge in [0.1, 0.15) is 0 Å². The first-order chi connectivity index (χ1) is 13.0. The van der Waals surface area contributed by atoms with Crippen molar-refractivity contribution in [3.63, 3.8) is 0 Å². The average molecular weight is 374 g/mol. The van der Waals surface area contributed by atoms with Crippen LogP contribution in [0.3, 0.4) is 0 Å². The van der Waals surface area contributed by atoms with Crippen LogP contribution in [0.5, 0.6) is 0 Å². The first kappa shape index (κ1) is 19.5. The Balaban J connectivity index is 1.54. The molecular formula is C19H31N7O. The Bertz CT molecular complexity index is 771. The SMILES string of the molecule is Cc1nn(C(C)C)c(C)c1CNC(=O)c1cn(CCC2CCCCN2)nn1. The van der Waals surface area contributed by atoms with Gasteiger partial charge in [0, 0.05) is 36.4 Å². The Hall–Kier alpha value is -2.22. The summed E-state index contributed by atoms with van der Waals surface area (Å²) in [6.07, 6.45) is 6.51. The third kappa shape index (κ3) is 4.74. The van der Waals surface area contributed by atoms with Gasteiger partial charge in [-0.15, -0.1) is 5.10 Å². The number of rotatable bonds is 7. The monoisotopic (exact) mass is 373 g/mol. The second-order valence-corrected chi connectivity index (χ2v) is 7.67. The summed E-state index contributed by atoms with van der Waals surface area (Å²) in [6.45, 7) is 10.5. The summed E-state index contributed by atoms with van der Waals surface area (Å²) in [6, 6.07) is 0.843. The van der Waals surface area contributed by atoms with Gasteiger partial charge in [0.2, 0.25) is 0 Å². The molecule has 0 spiro atoms. The fourth-order valence-electron chi connectivity index (χ4n) is 3.69. The Morgan fingerprint density at radius 2 is 2.19 bits per heavy atom. The molecule has 2 aromatic heterocycles. The van der Waals surface area contributed by atoms with Crippen LogP contribution in [0.1, 0.15) is 73.0 Å². The Morgan fingerprint density at radius 3 is 2.85 bits per heavy atom. The third-order valence-corrected chi connectivity index (χ3v) is 5.28. The van der Waals surface area contributed by atoms with Crippen LogP contribution in [-0.2, 0) is 13.1 Å². The maximum Gasteiger partial charge on any atom is 0.273 e. The number of piperidine rings is 1. The van der Waals surface area contributed by atoms with Crippen molar-refractivity contribution in [3.05, 3.63) is 28.8 Å². The van der Waals surface area contributed by atoms with Crippen molar-refractivity contribution in [2.45, 2.75) is 78.6 Å². The van der Waals surface area contributed by atoms with Gasteiger partial charge in [-0.2, -0.15) is 5.10 Å². The molecule has 1 unspecified atom stereocenters. The molecule has 27 heavy (non-hydrogen) atoms. The summed E-state index contributed by atoms with van der Waals surface area (Å²) >= 11 is 0. The fourth-order valence-corrected chi connectivity index (χ4v) is 3.69. The highest BCUT2D eigenvalue weighted by Gasteiger charge is 2.17. The van der Waals surface area contributed by atoms with Crippen molar-refractivity contribution in [1.29, 1.82) is 0 Å². The van der Waals surface area contributed by atoms with Gasteiger partial charge in [-0.25, -0.2) is 0 Å². The van der Waals surface area contributed by atoms with Crippen molar-refractivity contribution in [3.8, 4) is 0 Å². The minimum Gasteiger partial charge on any atom is -0.346 e. The second-order valence-electron chi connectivity index (χ2n) is 7.67. The van der Waals surface area contributed by atoms with Crippen molar-refractivity contribution in [1.82, 2.24) is 35.4 Å². The molecule has 2 aromatic rings. The van der Waals surface area contributed by atoms with Crippen LogP contribution in [0.15, 0.2) is 6.20 Å². The van der Waals surface area contributed by atoms with E-state index in [9.17, 15) is 4.79 Å². The van der Waals surface area contributed by atoms with Crippen molar-refractivity contribution in [2.24, 2.45) is 0 Å². The molecule has 1 atom stereocenters. The van der Waals surface area contributed by atoms with E-state index in [4.69, 9.17) is 0 Å². The van der Waals surface area contributed by atoms with Crippen molar-refractivity contribution in [2.75, 3.05) is 6.54 Å². The quantitative estimate of drug-likeness (QED) is 0.776.